The lowest BCUT2D eigenvalue weighted by atomic mass is 10.1. The SMILES string of the molecule is Cc1nc(-c2ccccc2Cl)sc1CNC(=O)[C@@H]1CC(=O)N(c2cccc(F)c2)C1. The van der Waals surface area contributed by atoms with Crippen LogP contribution in [0.1, 0.15) is 17.0 Å². The largest absolute Gasteiger partial charge is 0.351 e. The molecule has 1 aliphatic heterocycles. The fourth-order valence-electron chi connectivity index (χ4n) is 3.43. The van der Waals surface area contributed by atoms with Crippen LogP contribution in [0.5, 0.6) is 0 Å². The molecule has 2 amide bonds. The minimum atomic E-state index is -0.475. The Hall–Kier alpha value is -2.77. The van der Waals surface area contributed by atoms with Crippen LogP contribution in [0.25, 0.3) is 10.6 Å². The molecule has 2 aromatic carbocycles. The number of hydrogen-bond acceptors (Lipinski definition) is 4. The number of aryl methyl sites for hydroxylation is 1. The number of aromatic nitrogens is 1. The summed E-state index contributed by atoms with van der Waals surface area (Å²) in [6, 6.07) is 13.3. The quantitative estimate of drug-likeness (QED) is 0.627. The number of halogens is 2. The molecule has 1 N–H and O–H groups in total. The highest BCUT2D eigenvalue weighted by molar-refractivity contribution is 7.15. The van der Waals surface area contributed by atoms with E-state index in [1.54, 1.807) is 12.1 Å². The number of benzene rings is 2. The Bertz CT molecular complexity index is 1120. The molecule has 5 nitrogen and oxygen atoms in total. The van der Waals surface area contributed by atoms with Crippen molar-refractivity contribution in [2.24, 2.45) is 5.92 Å². The predicted molar refractivity (Wildman–Crippen MR) is 116 cm³/mol. The van der Waals surface area contributed by atoms with Gasteiger partial charge in [-0.1, -0.05) is 35.9 Å². The zero-order chi connectivity index (χ0) is 21.3. The minimum absolute atomic E-state index is 0.106. The van der Waals surface area contributed by atoms with Crippen LogP contribution in [0.3, 0.4) is 0 Å². The molecule has 4 rings (SSSR count). The molecule has 1 atom stereocenters. The summed E-state index contributed by atoms with van der Waals surface area (Å²) < 4.78 is 13.5. The van der Waals surface area contributed by atoms with Crippen LogP contribution >= 0.6 is 22.9 Å². The van der Waals surface area contributed by atoms with Crippen LogP contribution in [0.2, 0.25) is 5.02 Å². The molecule has 1 aliphatic rings. The standard InChI is InChI=1S/C22H19ClFN3O2S/c1-13-19(30-22(26-13)17-7-2-3-8-18(17)23)11-25-21(29)14-9-20(28)27(12-14)16-6-4-5-15(24)10-16/h2-8,10,14H,9,11-12H2,1H3,(H,25,29)/t14-/m1/s1. The van der Waals surface area contributed by atoms with Crippen molar-refractivity contribution in [2.75, 3.05) is 11.4 Å². The average molecular weight is 444 g/mol. The Balaban J connectivity index is 1.41. The van der Waals surface area contributed by atoms with Gasteiger partial charge in [0.05, 0.1) is 23.2 Å². The van der Waals surface area contributed by atoms with Gasteiger partial charge in [-0.05, 0) is 31.2 Å². The van der Waals surface area contributed by atoms with Gasteiger partial charge in [0.1, 0.15) is 10.8 Å². The second-order valence-corrected chi connectivity index (χ2v) is 8.60. The van der Waals surface area contributed by atoms with Crippen LogP contribution in [0.4, 0.5) is 10.1 Å². The van der Waals surface area contributed by atoms with Crippen molar-refractivity contribution in [2.45, 2.75) is 19.9 Å². The van der Waals surface area contributed by atoms with E-state index in [1.165, 1.54) is 28.4 Å². The molecule has 0 radical (unpaired) electrons. The first kappa shape index (κ1) is 20.5. The van der Waals surface area contributed by atoms with E-state index in [0.29, 0.717) is 17.3 Å². The van der Waals surface area contributed by atoms with Gasteiger partial charge in [0.15, 0.2) is 0 Å². The first-order valence-electron chi connectivity index (χ1n) is 9.47. The van der Waals surface area contributed by atoms with E-state index >= 15 is 0 Å². The summed E-state index contributed by atoms with van der Waals surface area (Å²) in [5.41, 5.74) is 2.16. The van der Waals surface area contributed by atoms with Gasteiger partial charge in [0.25, 0.3) is 0 Å². The van der Waals surface area contributed by atoms with E-state index in [4.69, 9.17) is 11.6 Å². The molecular formula is C22H19ClFN3O2S. The number of nitrogens with one attached hydrogen (secondary N) is 1. The highest BCUT2D eigenvalue weighted by Crippen LogP contribution is 2.33. The van der Waals surface area contributed by atoms with Crippen molar-refractivity contribution in [3.05, 3.63) is 69.9 Å². The fourth-order valence-corrected chi connectivity index (χ4v) is 4.75. The third-order valence-electron chi connectivity index (χ3n) is 5.04. The molecule has 30 heavy (non-hydrogen) atoms. The lowest BCUT2D eigenvalue weighted by molar-refractivity contribution is -0.126. The summed E-state index contributed by atoms with van der Waals surface area (Å²) in [6.45, 7) is 2.46. The summed E-state index contributed by atoms with van der Waals surface area (Å²) >= 11 is 7.74. The molecule has 1 aromatic heterocycles. The monoisotopic (exact) mass is 443 g/mol. The van der Waals surface area contributed by atoms with Crippen LogP contribution < -0.4 is 10.2 Å². The van der Waals surface area contributed by atoms with Crippen LogP contribution in [0, 0.1) is 18.7 Å². The number of amides is 2. The number of thiazole rings is 1. The summed E-state index contributed by atoms with van der Waals surface area (Å²) in [7, 11) is 0. The van der Waals surface area contributed by atoms with Gasteiger partial charge >= 0.3 is 0 Å². The van der Waals surface area contributed by atoms with E-state index in [-0.39, 0.29) is 24.8 Å². The lowest BCUT2D eigenvalue weighted by Crippen LogP contribution is -2.32. The number of nitrogens with zero attached hydrogens (tertiary/aromatic N) is 2. The van der Waals surface area contributed by atoms with Crippen molar-refractivity contribution in [3.8, 4) is 10.6 Å². The van der Waals surface area contributed by atoms with Gasteiger partial charge in [-0.3, -0.25) is 9.59 Å². The van der Waals surface area contributed by atoms with Gasteiger partial charge in [0.2, 0.25) is 11.8 Å². The van der Waals surface area contributed by atoms with Gasteiger partial charge in [-0.25, -0.2) is 9.37 Å². The summed E-state index contributed by atoms with van der Waals surface area (Å²) in [6.07, 6.45) is 0.106. The first-order chi connectivity index (χ1) is 14.4. The van der Waals surface area contributed by atoms with Crippen molar-refractivity contribution >= 4 is 40.4 Å². The van der Waals surface area contributed by atoms with E-state index < -0.39 is 11.7 Å². The molecule has 0 bridgehead atoms. The number of carbonyl (C=O) groups excluding carboxylic acids is 2. The maximum absolute atomic E-state index is 13.5. The Morgan fingerprint density at radius 2 is 2.10 bits per heavy atom. The lowest BCUT2D eigenvalue weighted by Gasteiger charge is -2.16. The molecule has 1 fully saturated rings. The zero-order valence-electron chi connectivity index (χ0n) is 16.2. The minimum Gasteiger partial charge on any atom is -0.351 e. The predicted octanol–water partition coefficient (Wildman–Crippen LogP) is 4.58. The Kier molecular flexibility index (Phi) is 5.83. The molecule has 8 heteroatoms. The summed E-state index contributed by atoms with van der Waals surface area (Å²) in [4.78, 5) is 31.9. The smallest absolute Gasteiger partial charge is 0.227 e. The van der Waals surface area contributed by atoms with Crippen molar-refractivity contribution in [3.63, 3.8) is 0 Å². The Morgan fingerprint density at radius 3 is 2.87 bits per heavy atom. The maximum atomic E-state index is 13.5. The van der Waals surface area contributed by atoms with E-state index in [0.717, 1.165) is 21.1 Å². The molecule has 2 heterocycles. The highest BCUT2D eigenvalue weighted by atomic mass is 35.5. The number of carbonyl (C=O) groups is 2. The molecule has 0 unspecified atom stereocenters. The molecule has 3 aromatic rings. The summed E-state index contributed by atoms with van der Waals surface area (Å²) in [5, 5.41) is 4.34. The molecular weight excluding hydrogens is 425 g/mol. The topological polar surface area (TPSA) is 62.3 Å². The molecule has 154 valence electrons. The van der Waals surface area contributed by atoms with Gasteiger partial charge in [-0.15, -0.1) is 11.3 Å². The normalized spacial score (nSPS) is 16.2. The Labute approximate surface area is 182 Å². The third kappa shape index (κ3) is 4.22. The van der Waals surface area contributed by atoms with Crippen LogP contribution in [-0.2, 0) is 16.1 Å². The third-order valence-corrected chi connectivity index (χ3v) is 6.56. The van der Waals surface area contributed by atoms with Gasteiger partial charge in [0, 0.05) is 29.1 Å². The summed E-state index contributed by atoms with van der Waals surface area (Å²) in [5.74, 6) is -1.27. The van der Waals surface area contributed by atoms with Crippen LogP contribution in [-0.4, -0.2) is 23.3 Å². The maximum Gasteiger partial charge on any atom is 0.227 e. The number of rotatable bonds is 5. The van der Waals surface area contributed by atoms with E-state index in [1.807, 2.05) is 31.2 Å². The molecule has 1 saturated heterocycles. The zero-order valence-corrected chi connectivity index (χ0v) is 17.8. The first-order valence-corrected chi connectivity index (χ1v) is 10.7. The van der Waals surface area contributed by atoms with Crippen LogP contribution in [0.15, 0.2) is 48.5 Å². The average Bonchev–Trinajstić information content (AvgIpc) is 3.29. The van der Waals surface area contributed by atoms with E-state index in [9.17, 15) is 14.0 Å². The fraction of sp³-hybridized carbons (Fsp3) is 0.227. The molecule has 0 spiro atoms. The van der Waals surface area contributed by atoms with Gasteiger partial charge < -0.3 is 10.2 Å². The number of anilines is 1. The Morgan fingerprint density at radius 1 is 1.30 bits per heavy atom. The van der Waals surface area contributed by atoms with Crippen molar-refractivity contribution in [1.82, 2.24) is 10.3 Å². The van der Waals surface area contributed by atoms with E-state index in [2.05, 4.69) is 10.3 Å². The second-order valence-electron chi connectivity index (χ2n) is 7.11. The highest BCUT2D eigenvalue weighted by Gasteiger charge is 2.35. The van der Waals surface area contributed by atoms with Crippen molar-refractivity contribution in [1.29, 1.82) is 0 Å². The second kappa shape index (κ2) is 8.53. The van der Waals surface area contributed by atoms with Crippen molar-refractivity contribution < 1.29 is 14.0 Å². The molecule has 0 aliphatic carbocycles. The molecule has 0 saturated carbocycles. The number of hydrogen-bond donors (Lipinski definition) is 1. The van der Waals surface area contributed by atoms with Gasteiger partial charge in [-0.2, -0.15) is 0 Å².